The maximum Gasteiger partial charge on any atom is 0.212 e. The lowest BCUT2D eigenvalue weighted by Crippen LogP contribution is -3.00. The number of fused-ring (bicyclic) bond motifs is 2. The third-order valence-corrected chi connectivity index (χ3v) is 5.14. The summed E-state index contributed by atoms with van der Waals surface area (Å²) >= 11 is 0. The summed E-state index contributed by atoms with van der Waals surface area (Å²) in [5.74, 6) is 0. The Morgan fingerprint density at radius 2 is 1.57 bits per heavy atom. The highest BCUT2D eigenvalue weighted by molar-refractivity contribution is 5.87. The topological polar surface area (TPSA) is 7.12 Å². The van der Waals surface area contributed by atoms with Crippen molar-refractivity contribution < 1.29 is 28.5 Å². The van der Waals surface area contributed by atoms with Crippen molar-refractivity contribution in [1.29, 1.82) is 0 Å². The SMILES string of the molecule is CN1C=C/C(=C/C=C/C=C/C=C/c2cc[n+](C)c3ccccc23)c2ccccc21.[I-]. The molecule has 0 saturated heterocycles. The van der Waals surface area contributed by atoms with E-state index in [9.17, 15) is 0 Å². The fraction of sp³-hybridized carbons (Fsp3) is 0.0741. The van der Waals surface area contributed by atoms with E-state index >= 15 is 0 Å². The molecule has 2 aromatic carbocycles. The molecule has 0 unspecified atom stereocenters. The van der Waals surface area contributed by atoms with Gasteiger partial charge in [-0.05, 0) is 29.3 Å². The van der Waals surface area contributed by atoms with Gasteiger partial charge in [-0.25, -0.2) is 4.57 Å². The number of halogens is 1. The first kappa shape index (κ1) is 21.8. The third kappa shape index (κ3) is 4.79. The molecule has 4 rings (SSSR count). The van der Waals surface area contributed by atoms with Crippen LogP contribution in [-0.4, -0.2) is 7.05 Å². The number of hydrogen-bond acceptors (Lipinski definition) is 1. The number of rotatable bonds is 4. The van der Waals surface area contributed by atoms with Gasteiger partial charge in [-0.3, -0.25) is 0 Å². The van der Waals surface area contributed by atoms with E-state index in [1.807, 2.05) is 0 Å². The van der Waals surface area contributed by atoms with Gasteiger partial charge in [-0.2, -0.15) is 0 Å². The fourth-order valence-electron chi connectivity index (χ4n) is 3.58. The summed E-state index contributed by atoms with van der Waals surface area (Å²) in [6, 6.07) is 19.1. The van der Waals surface area contributed by atoms with E-state index in [-0.39, 0.29) is 24.0 Å². The molecule has 1 aliphatic heterocycles. The van der Waals surface area contributed by atoms with Crippen LogP contribution in [-0.2, 0) is 7.05 Å². The second-order valence-corrected chi connectivity index (χ2v) is 7.09. The molecule has 0 fully saturated rings. The Morgan fingerprint density at radius 1 is 0.833 bits per heavy atom. The van der Waals surface area contributed by atoms with Crippen LogP contribution in [0.2, 0.25) is 0 Å². The summed E-state index contributed by atoms with van der Waals surface area (Å²) in [5, 5.41) is 1.26. The molecule has 3 aromatic rings. The summed E-state index contributed by atoms with van der Waals surface area (Å²) in [4.78, 5) is 2.15. The van der Waals surface area contributed by atoms with Crippen LogP contribution in [0.5, 0.6) is 0 Å². The number of anilines is 1. The monoisotopic (exact) mass is 504 g/mol. The van der Waals surface area contributed by atoms with Gasteiger partial charge in [0, 0.05) is 36.6 Å². The smallest absolute Gasteiger partial charge is 0.212 e. The van der Waals surface area contributed by atoms with Crippen molar-refractivity contribution in [1.82, 2.24) is 0 Å². The molecule has 2 heterocycles. The quantitative estimate of drug-likeness (QED) is 0.301. The Hall–Kier alpha value is -2.92. The number of aromatic nitrogens is 1. The highest BCUT2D eigenvalue weighted by atomic mass is 127. The summed E-state index contributed by atoms with van der Waals surface area (Å²) < 4.78 is 2.15. The highest BCUT2D eigenvalue weighted by Gasteiger charge is 2.11. The minimum absolute atomic E-state index is 0. The number of hydrogen-bond donors (Lipinski definition) is 0. The molecule has 3 heteroatoms. The van der Waals surface area contributed by atoms with Crippen molar-refractivity contribution >= 4 is 28.2 Å². The summed E-state index contributed by atoms with van der Waals surface area (Å²) in [7, 11) is 4.15. The molecule has 2 nitrogen and oxygen atoms in total. The van der Waals surface area contributed by atoms with Crippen LogP contribution in [0.25, 0.3) is 22.6 Å². The summed E-state index contributed by atoms with van der Waals surface area (Å²) in [6.45, 7) is 0. The first-order valence-corrected chi connectivity index (χ1v) is 9.83. The van der Waals surface area contributed by atoms with E-state index in [0.29, 0.717) is 0 Å². The number of aryl methyl sites for hydroxylation is 1. The number of allylic oxidation sites excluding steroid dienone is 8. The Bertz CT molecular complexity index is 1180. The van der Waals surface area contributed by atoms with E-state index in [4.69, 9.17) is 0 Å². The molecule has 0 aliphatic carbocycles. The standard InChI is InChI=1S/C27H25N2.HI/c1-28-20-18-22(24-14-8-10-16-26(24)28)12-6-4-3-5-7-13-23-19-21-29(2)27-17-11-9-15-25(23)27;/h3-21H,1-2H3;1H/q+1;/p-1. The normalized spacial score (nSPS) is 14.9. The molecule has 1 aliphatic rings. The average molecular weight is 504 g/mol. The number of para-hydroxylation sites is 2. The van der Waals surface area contributed by atoms with Crippen LogP contribution < -0.4 is 33.4 Å². The van der Waals surface area contributed by atoms with Crippen molar-refractivity contribution in [3.63, 3.8) is 0 Å². The maximum atomic E-state index is 2.16. The molecule has 0 N–H and O–H groups in total. The number of nitrogens with zero attached hydrogens (tertiary/aromatic N) is 2. The lowest BCUT2D eigenvalue weighted by Gasteiger charge is -2.23. The van der Waals surface area contributed by atoms with E-state index in [1.54, 1.807) is 0 Å². The van der Waals surface area contributed by atoms with E-state index in [1.165, 1.54) is 33.3 Å². The van der Waals surface area contributed by atoms with Crippen molar-refractivity contribution in [2.24, 2.45) is 7.05 Å². The molecule has 0 amide bonds. The fourth-order valence-corrected chi connectivity index (χ4v) is 3.58. The second-order valence-electron chi connectivity index (χ2n) is 7.09. The van der Waals surface area contributed by atoms with Gasteiger partial charge in [0.05, 0.1) is 5.39 Å². The predicted molar refractivity (Wildman–Crippen MR) is 124 cm³/mol. The molecule has 150 valence electrons. The zero-order valence-corrected chi connectivity index (χ0v) is 19.4. The van der Waals surface area contributed by atoms with Gasteiger partial charge < -0.3 is 28.9 Å². The zero-order valence-electron chi connectivity index (χ0n) is 17.2. The van der Waals surface area contributed by atoms with Gasteiger partial charge in [-0.15, -0.1) is 0 Å². The molecule has 0 bridgehead atoms. The highest BCUT2D eigenvalue weighted by Crippen LogP contribution is 2.31. The first-order chi connectivity index (χ1) is 14.2. The third-order valence-electron chi connectivity index (χ3n) is 5.14. The van der Waals surface area contributed by atoms with Crippen LogP contribution in [0, 0.1) is 0 Å². The average Bonchev–Trinajstić information content (AvgIpc) is 2.76. The number of benzene rings is 2. The number of pyridine rings is 1. The zero-order chi connectivity index (χ0) is 20.1. The van der Waals surface area contributed by atoms with Crippen LogP contribution in [0.15, 0.2) is 110 Å². The Balaban J connectivity index is 0.00000256. The van der Waals surface area contributed by atoms with Gasteiger partial charge in [0.25, 0.3) is 0 Å². The van der Waals surface area contributed by atoms with Crippen LogP contribution >= 0.6 is 0 Å². The van der Waals surface area contributed by atoms with Crippen LogP contribution in [0.4, 0.5) is 5.69 Å². The Labute approximate surface area is 195 Å². The van der Waals surface area contributed by atoms with Gasteiger partial charge in [0.15, 0.2) is 6.20 Å². The van der Waals surface area contributed by atoms with E-state index in [2.05, 4.69) is 139 Å². The molecule has 0 radical (unpaired) electrons. The first-order valence-electron chi connectivity index (χ1n) is 9.83. The minimum Gasteiger partial charge on any atom is -1.00 e. The lowest BCUT2D eigenvalue weighted by molar-refractivity contribution is -0.644. The van der Waals surface area contributed by atoms with Crippen LogP contribution in [0.3, 0.4) is 0 Å². The largest absolute Gasteiger partial charge is 1.00 e. The van der Waals surface area contributed by atoms with Gasteiger partial charge >= 0.3 is 0 Å². The minimum atomic E-state index is 0. The summed E-state index contributed by atoms with van der Waals surface area (Å²) in [6.07, 6.45) is 21.0. The maximum absolute atomic E-state index is 2.16. The molecular formula is C27H25IN2. The van der Waals surface area contributed by atoms with Gasteiger partial charge in [0.2, 0.25) is 5.52 Å². The van der Waals surface area contributed by atoms with E-state index < -0.39 is 0 Å². The van der Waals surface area contributed by atoms with Crippen molar-refractivity contribution in [3.05, 3.63) is 121 Å². The molecular weight excluding hydrogens is 479 g/mol. The molecule has 0 saturated carbocycles. The van der Waals surface area contributed by atoms with Crippen molar-refractivity contribution in [3.8, 4) is 0 Å². The molecule has 0 atom stereocenters. The Morgan fingerprint density at radius 3 is 2.47 bits per heavy atom. The molecule has 0 spiro atoms. The van der Waals surface area contributed by atoms with Crippen LogP contribution in [0.1, 0.15) is 11.1 Å². The van der Waals surface area contributed by atoms with Crippen molar-refractivity contribution in [2.75, 3.05) is 11.9 Å². The predicted octanol–water partition coefficient (Wildman–Crippen LogP) is 2.84. The lowest BCUT2D eigenvalue weighted by atomic mass is 10.00. The van der Waals surface area contributed by atoms with Gasteiger partial charge in [-0.1, -0.05) is 72.9 Å². The molecule has 30 heavy (non-hydrogen) atoms. The summed E-state index contributed by atoms with van der Waals surface area (Å²) in [5.41, 5.74) is 6.17. The van der Waals surface area contributed by atoms with Gasteiger partial charge in [0.1, 0.15) is 7.05 Å². The second kappa shape index (κ2) is 10.2. The molecule has 1 aromatic heterocycles. The Kier molecular flexibility index (Phi) is 7.41. The van der Waals surface area contributed by atoms with E-state index in [0.717, 1.165) is 0 Å². The van der Waals surface area contributed by atoms with Crippen molar-refractivity contribution in [2.45, 2.75) is 0 Å².